The fourth-order valence-electron chi connectivity index (χ4n) is 1.88. The van der Waals surface area contributed by atoms with Crippen molar-refractivity contribution >= 4 is 23.6 Å². The van der Waals surface area contributed by atoms with Crippen molar-refractivity contribution in [1.82, 2.24) is 10.2 Å². The van der Waals surface area contributed by atoms with Crippen LogP contribution in [0.1, 0.15) is 26.3 Å². The highest BCUT2D eigenvalue weighted by atomic mass is 32.2. The third-order valence-corrected chi connectivity index (χ3v) is 4.73. The van der Waals surface area contributed by atoms with E-state index in [2.05, 4.69) is 5.32 Å². The zero-order valence-corrected chi connectivity index (χ0v) is 14.4. The molecule has 0 radical (unpaired) electrons. The molecule has 116 valence electrons. The topological polar surface area (TPSA) is 49.4 Å². The third-order valence-electron chi connectivity index (χ3n) is 3.63. The van der Waals surface area contributed by atoms with Gasteiger partial charge in [0.15, 0.2) is 0 Å². The molecule has 21 heavy (non-hydrogen) atoms. The van der Waals surface area contributed by atoms with Crippen molar-refractivity contribution in [2.75, 3.05) is 14.1 Å². The number of likely N-dealkylation sites (N-methyl/N-ethyl adjacent to an activating group) is 2. The molecule has 0 bridgehead atoms. The van der Waals surface area contributed by atoms with E-state index in [1.807, 2.05) is 38.1 Å². The van der Waals surface area contributed by atoms with E-state index in [0.29, 0.717) is 0 Å². The quantitative estimate of drug-likeness (QED) is 0.850. The molecule has 2 amide bonds. The predicted octanol–water partition coefficient (Wildman–Crippen LogP) is 2.46. The van der Waals surface area contributed by atoms with Crippen molar-refractivity contribution in [3.63, 3.8) is 0 Å². The number of hydrogen-bond donors (Lipinski definition) is 1. The number of rotatable bonds is 5. The van der Waals surface area contributed by atoms with Gasteiger partial charge in [0.1, 0.15) is 5.54 Å². The Morgan fingerprint density at radius 3 is 2.24 bits per heavy atom. The van der Waals surface area contributed by atoms with Crippen LogP contribution >= 0.6 is 11.8 Å². The maximum atomic E-state index is 12.5. The fourth-order valence-corrected chi connectivity index (χ4v) is 2.84. The summed E-state index contributed by atoms with van der Waals surface area (Å²) in [6.07, 6.45) is 0. The second kappa shape index (κ2) is 6.98. The van der Waals surface area contributed by atoms with Crippen LogP contribution in [0.25, 0.3) is 0 Å². The Hall–Kier alpha value is -1.49. The molecule has 0 aliphatic carbocycles. The van der Waals surface area contributed by atoms with Crippen LogP contribution in [0.3, 0.4) is 0 Å². The number of amides is 2. The molecule has 0 aliphatic rings. The molecule has 0 saturated carbocycles. The number of benzene rings is 1. The van der Waals surface area contributed by atoms with Crippen molar-refractivity contribution in [2.45, 2.75) is 43.4 Å². The largest absolute Gasteiger partial charge is 0.357 e. The lowest BCUT2D eigenvalue weighted by Gasteiger charge is -2.35. The minimum absolute atomic E-state index is 0.0609. The lowest BCUT2D eigenvalue weighted by atomic mass is 10.0. The van der Waals surface area contributed by atoms with E-state index in [4.69, 9.17) is 0 Å². The van der Waals surface area contributed by atoms with E-state index in [1.165, 1.54) is 22.2 Å². The monoisotopic (exact) mass is 308 g/mol. The first-order chi connectivity index (χ1) is 9.70. The average molecular weight is 308 g/mol. The molecule has 1 aromatic carbocycles. The molecule has 0 spiro atoms. The predicted molar refractivity (Wildman–Crippen MR) is 87.4 cm³/mol. The number of aryl methyl sites for hydroxylation is 1. The Bertz CT molecular complexity index is 512. The SMILES string of the molecule is CNC(=O)C(C)(C)N(C)C(=O)[C@H](C)Sc1ccc(C)cc1. The van der Waals surface area contributed by atoms with Crippen LogP contribution in [0.5, 0.6) is 0 Å². The first kappa shape index (κ1) is 17.6. The van der Waals surface area contributed by atoms with Gasteiger partial charge < -0.3 is 10.2 Å². The van der Waals surface area contributed by atoms with Crippen LogP contribution in [0.15, 0.2) is 29.2 Å². The number of nitrogens with zero attached hydrogens (tertiary/aromatic N) is 1. The summed E-state index contributed by atoms with van der Waals surface area (Å²) in [5.74, 6) is -0.236. The van der Waals surface area contributed by atoms with Crippen molar-refractivity contribution < 1.29 is 9.59 Å². The zero-order valence-electron chi connectivity index (χ0n) is 13.6. The summed E-state index contributed by atoms with van der Waals surface area (Å²) in [6.45, 7) is 7.38. The lowest BCUT2D eigenvalue weighted by Crippen LogP contribution is -2.56. The van der Waals surface area contributed by atoms with E-state index < -0.39 is 5.54 Å². The molecule has 5 heteroatoms. The standard InChI is InChI=1S/C16H24N2O2S/c1-11-7-9-13(10-8-11)21-12(2)14(19)18(6)16(3,4)15(20)17-5/h7-10,12H,1-6H3,(H,17,20)/t12-/m0/s1. The van der Waals surface area contributed by atoms with Gasteiger partial charge in [-0.3, -0.25) is 9.59 Å². The van der Waals surface area contributed by atoms with Gasteiger partial charge in [-0.1, -0.05) is 17.7 Å². The van der Waals surface area contributed by atoms with Gasteiger partial charge >= 0.3 is 0 Å². The summed E-state index contributed by atoms with van der Waals surface area (Å²) < 4.78 is 0. The van der Waals surface area contributed by atoms with Gasteiger partial charge in [-0.15, -0.1) is 11.8 Å². The van der Waals surface area contributed by atoms with Crippen LogP contribution in [-0.4, -0.2) is 41.6 Å². The molecular formula is C16H24N2O2S. The summed E-state index contributed by atoms with van der Waals surface area (Å²) in [4.78, 5) is 27.0. The number of carbonyl (C=O) groups excluding carboxylic acids is 2. The molecule has 0 fully saturated rings. The second-order valence-electron chi connectivity index (χ2n) is 5.61. The number of carbonyl (C=O) groups is 2. The van der Waals surface area contributed by atoms with Gasteiger partial charge in [0.05, 0.1) is 5.25 Å². The first-order valence-corrected chi connectivity index (χ1v) is 7.81. The molecule has 0 saturated heterocycles. The number of thioether (sulfide) groups is 1. The van der Waals surface area contributed by atoms with Crippen molar-refractivity contribution in [3.8, 4) is 0 Å². The van der Waals surface area contributed by atoms with Gasteiger partial charge in [0.25, 0.3) is 0 Å². The molecular weight excluding hydrogens is 284 g/mol. The first-order valence-electron chi connectivity index (χ1n) is 6.93. The van der Waals surface area contributed by atoms with E-state index in [9.17, 15) is 9.59 Å². The molecule has 1 atom stereocenters. The molecule has 1 N–H and O–H groups in total. The van der Waals surface area contributed by atoms with Gasteiger partial charge in [-0.25, -0.2) is 0 Å². The summed E-state index contributed by atoms with van der Waals surface area (Å²) >= 11 is 1.50. The second-order valence-corrected chi connectivity index (χ2v) is 7.02. The van der Waals surface area contributed by atoms with Gasteiger partial charge in [0, 0.05) is 19.0 Å². The van der Waals surface area contributed by atoms with Crippen LogP contribution in [0.4, 0.5) is 0 Å². The van der Waals surface area contributed by atoms with Crippen LogP contribution < -0.4 is 5.32 Å². The Kier molecular flexibility index (Phi) is 5.84. The van der Waals surface area contributed by atoms with Gasteiger partial charge in [-0.05, 0) is 39.8 Å². The van der Waals surface area contributed by atoms with E-state index in [-0.39, 0.29) is 17.1 Å². The smallest absolute Gasteiger partial charge is 0.245 e. The van der Waals surface area contributed by atoms with E-state index >= 15 is 0 Å². The minimum Gasteiger partial charge on any atom is -0.357 e. The van der Waals surface area contributed by atoms with Crippen molar-refractivity contribution in [2.24, 2.45) is 0 Å². The summed E-state index contributed by atoms with van der Waals surface area (Å²) in [5.41, 5.74) is 0.324. The minimum atomic E-state index is -0.867. The molecule has 0 heterocycles. The van der Waals surface area contributed by atoms with E-state index in [0.717, 1.165) is 4.90 Å². The summed E-state index contributed by atoms with van der Waals surface area (Å²) in [6, 6.07) is 8.07. The zero-order chi connectivity index (χ0) is 16.2. The third kappa shape index (κ3) is 4.24. The van der Waals surface area contributed by atoms with Crippen molar-refractivity contribution in [1.29, 1.82) is 0 Å². The van der Waals surface area contributed by atoms with E-state index in [1.54, 1.807) is 27.9 Å². The molecule has 0 aromatic heterocycles. The highest BCUT2D eigenvalue weighted by Crippen LogP contribution is 2.26. The fraction of sp³-hybridized carbons (Fsp3) is 0.500. The Morgan fingerprint density at radius 1 is 1.24 bits per heavy atom. The maximum absolute atomic E-state index is 12.5. The molecule has 1 rings (SSSR count). The van der Waals surface area contributed by atoms with Crippen LogP contribution in [0.2, 0.25) is 0 Å². The molecule has 0 aliphatic heterocycles. The highest BCUT2D eigenvalue weighted by Gasteiger charge is 2.36. The number of nitrogens with one attached hydrogen (secondary N) is 1. The average Bonchev–Trinajstić information content (AvgIpc) is 2.46. The summed E-state index contributed by atoms with van der Waals surface area (Å²) in [7, 11) is 3.25. The molecule has 1 aromatic rings. The van der Waals surface area contributed by atoms with Gasteiger partial charge in [-0.2, -0.15) is 0 Å². The molecule has 0 unspecified atom stereocenters. The normalized spacial score (nSPS) is 12.7. The van der Waals surface area contributed by atoms with Crippen molar-refractivity contribution in [3.05, 3.63) is 29.8 Å². The highest BCUT2D eigenvalue weighted by molar-refractivity contribution is 8.00. The molecule has 4 nitrogen and oxygen atoms in total. The van der Waals surface area contributed by atoms with Crippen LogP contribution in [-0.2, 0) is 9.59 Å². The Morgan fingerprint density at radius 2 is 1.76 bits per heavy atom. The number of hydrogen-bond acceptors (Lipinski definition) is 3. The maximum Gasteiger partial charge on any atom is 0.245 e. The Balaban J connectivity index is 2.78. The lowest BCUT2D eigenvalue weighted by molar-refractivity contribution is -0.143. The van der Waals surface area contributed by atoms with Crippen LogP contribution in [0, 0.1) is 6.92 Å². The Labute approximate surface area is 131 Å². The van der Waals surface area contributed by atoms with Gasteiger partial charge in [0.2, 0.25) is 11.8 Å². The summed E-state index contributed by atoms with van der Waals surface area (Å²) in [5, 5.41) is 2.35.